The molecule has 140 valence electrons. The zero-order valence-corrected chi connectivity index (χ0v) is 15.7. The summed E-state index contributed by atoms with van der Waals surface area (Å²) < 4.78 is 7.63. The van der Waals surface area contributed by atoms with Gasteiger partial charge >= 0.3 is 5.69 Å². The predicted octanol–water partition coefficient (Wildman–Crippen LogP) is 0.806. The van der Waals surface area contributed by atoms with Crippen molar-refractivity contribution in [1.29, 1.82) is 0 Å². The van der Waals surface area contributed by atoms with Gasteiger partial charge in [0, 0.05) is 20.1 Å². The van der Waals surface area contributed by atoms with Crippen molar-refractivity contribution < 1.29 is 4.74 Å². The number of fused-ring (bicyclic) bond motifs is 1. The van der Waals surface area contributed by atoms with Crippen molar-refractivity contribution in [3.63, 3.8) is 0 Å². The van der Waals surface area contributed by atoms with Crippen molar-refractivity contribution in [3.05, 3.63) is 57.0 Å². The number of para-hydroxylation sites is 1. The lowest BCUT2D eigenvalue weighted by molar-refractivity contribution is 0.407. The van der Waals surface area contributed by atoms with Crippen LogP contribution in [0.3, 0.4) is 0 Å². The molecule has 0 spiro atoms. The van der Waals surface area contributed by atoms with Crippen LogP contribution < -0.4 is 21.3 Å². The Morgan fingerprint density at radius 3 is 2.58 bits per heavy atom. The van der Waals surface area contributed by atoms with E-state index in [1.165, 1.54) is 23.5 Å². The average Bonchev–Trinajstić information content (AvgIpc) is 3.15. The average molecular weight is 359 g/mol. The minimum atomic E-state index is -0.371. The van der Waals surface area contributed by atoms with E-state index >= 15 is 0 Å². The monoisotopic (exact) mass is 359 g/mol. The van der Waals surface area contributed by atoms with E-state index in [1.54, 1.807) is 14.2 Å². The molecule has 0 aliphatic carbocycles. The first kappa shape index (κ1) is 19.5. The van der Waals surface area contributed by atoms with Crippen LogP contribution in [0.5, 0.6) is 5.75 Å². The first-order chi connectivity index (χ1) is 12.4. The molecule has 0 aliphatic heterocycles. The van der Waals surface area contributed by atoms with Crippen molar-refractivity contribution in [2.24, 2.45) is 14.1 Å². The largest absolute Gasteiger partial charge is 0.496 e. The highest BCUT2D eigenvalue weighted by Crippen LogP contribution is 2.18. The molecule has 2 N–H and O–H groups in total. The minimum absolute atomic E-state index is 0.351. The molecule has 8 nitrogen and oxygen atoms in total. The zero-order chi connectivity index (χ0) is 19.3. The SMILES string of the molecule is CNC(C)Cc1ccccc1OC.Cn1c(=O)c2[nH]cnc2n(C)c1=O. The maximum absolute atomic E-state index is 11.4. The number of likely N-dealkylation sites (N-methyl/N-ethyl adjacent to an activating group) is 1. The summed E-state index contributed by atoms with van der Waals surface area (Å²) in [6.07, 6.45) is 2.39. The Labute approximate surface area is 151 Å². The number of H-pyrrole nitrogens is 1. The number of benzene rings is 1. The zero-order valence-electron chi connectivity index (χ0n) is 15.7. The number of methoxy groups -OCH3 is 1. The Kier molecular flexibility index (Phi) is 6.35. The smallest absolute Gasteiger partial charge is 0.332 e. The normalized spacial score (nSPS) is 11.7. The van der Waals surface area contributed by atoms with E-state index in [-0.39, 0.29) is 11.2 Å². The number of ether oxygens (including phenoxy) is 1. The standard InChI is InChI=1S/C11H17NO.C7H8N4O2/c1-9(12-2)8-10-6-4-5-7-11(10)13-3;1-10-5-4(8-3-9-5)6(12)11(2)7(10)13/h4-7,9,12H,8H2,1-3H3;3H,1-2H3,(H,8,9). The quantitative estimate of drug-likeness (QED) is 0.719. The number of imidazole rings is 1. The summed E-state index contributed by atoms with van der Waals surface area (Å²) in [5, 5.41) is 3.21. The highest BCUT2D eigenvalue weighted by Gasteiger charge is 2.09. The lowest BCUT2D eigenvalue weighted by atomic mass is 10.1. The lowest BCUT2D eigenvalue weighted by Crippen LogP contribution is -2.36. The van der Waals surface area contributed by atoms with Crippen LogP contribution in [-0.2, 0) is 20.5 Å². The van der Waals surface area contributed by atoms with E-state index in [9.17, 15) is 9.59 Å². The van der Waals surface area contributed by atoms with Gasteiger partial charge in [0.2, 0.25) is 0 Å². The molecule has 0 aliphatic rings. The molecule has 1 unspecified atom stereocenters. The third-order valence-corrected chi connectivity index (χ3v) is 4.24. The fraction of sp³-hybridized carbons (Fsp3) is 0.389. The highest BCUT2D eigenvalue weighted by molar-refractivity contribution is 5.68. The summed E-state index contributed by atoms with van der Waals surface area (Å²) in [7, 11) is 6.69. The van der Waals surface area contributed by atoms with Crippen LogP contribution in [-0.4, -0.2) is 39.3 Å². The Morgan fingerprint density at radius 2 is 1.92 bits per heavy atom. The molecule has 2 aromatic heterocycles. The molecule has 1 atom stereocenters. The number of aromatic amines is 1. The molecular formula is C18H25N5O3. The summed E-state index contributed by atoms with van der Waals surface area (Å²) in [6, 6.07) is 8.62. The Balaban J connectivity index is 0.000000187. The number of hydrogen-bond donors (Lipinski definition) is 2. The minimum Gasteiger partial charge on any atom is -0.496 e. The second-order valence-corrected chi connectivity index (χ2v) is 6.01. The number of nitrogens with one attached hydrogen (secondary N) is 2. The summed E-state index contributed by atoms with van der Waals surface area (Å²) in [6.45, 7) is 2.16. The third kappa shape index (κ3) is 4.02. The van der Waals surface area contributed by atoms with E-state index in [4.69, 9.17) is 4.74 Å². The number of aromatic nitrogens is 4. The molecule has 1 aromatic carbocycles. The van der Waals surface area contributed by atoms with Crippen LogP contribution in [0.4, 0.5) is 0 Å². The topological polar surface area (TPSA) is 93.9 Å². The van der Waals surface area contributed by atoms with Crippen LogP contribution >= 0.6 is 0 Å². The molecule has 0 saturated carbocycles. The van der Waals surface area contributed by atoms with Gasteiger partial charge in [-0.3, -0.25) is 13.9 Å². The van der Waals surface area contributed by atoms with E-state index in [0.717, 1.165) is 16.7 Å². The van der Waals surface area contributed by atoms with Crippen molar-refractivity contribution in [2.45, 2.75) is 19.4 Å². The van der Waals surface area contributed by atoms with Gasteiger partial charge in [-0.2, -0.15) is 0 Å². The Bertz CT molecular complexity index is 986. The number of aryl methyl sites for hydroxylation is 1. The highest BCUT2D eigenvalue weighted by atomic mass is 16.5. The van der Waals surface area contributed by atoms with Gasteiger partial charge in [0.1, 0.15) is 11.3 Å². The number of hydrogen-bond acceptors (Lipinski definition) is 5. The fourth-order valence-electron chi connectivity index (χ4n) is 2.57. The van der Waals surface area contributed by atoms with Crippen molar-refractivity contribution >= 4 is 11.2 Å². The summed E-state index contributed by atoms with van der Waals surface area (Å²) in [4.78, 5) is 29.4. The van der Waals surface area contributed by atoms with Crippen LogP contribution in [0.1, 0.15) is 12.5 Å². The second kappa shape index (κ2) is 8.48. The van der Waals surface area contributed by atoms with Crippen LogP contribution in [0.25, 0.3) is 11.2 Å². The molecule has 3 aromatic rings. The van der Waals surface area contributed by atoms with Gasteiger partial charge in [-0.15, -0.1) is 0 Å². The van der Waals surface area contributed by atoms with Crippen LogP contribution in [0.2, 0.25) is 0 Å². The summed E-state index contributed by atoms with van der Waals surface area (Å²) >= 11 is 0. The number of rotatable bonds is 4. The van der Waals surface area contributed by atoms with Crippen LogP contribution in [0, 0.1) is 0 Å². The molecule has 2 heterocycles. The summed E-state index contributed by atoms with van der Waals surface area (Å²) in [5.74, 6) is 0.976. The predicted molar refractivity (Wildman–Crippen MR) is 102 cm³/mol. The van der Waals surface area contributed by atoms with Crippen molar-refractivity contribution in [1.82, 2.24) is 24.4 Å². The van der Waals surface area contributed by atoms with E-state index in [0.29, 0.717) is 17.2 Å². The van der Waals surface area contributed by atoms with E-state index in [1.807, 2.05) is 25.2 Å². The molecule has 0 amide bonds. The van der Waals surface area contributed by atoms with Gasteiger partial charge in [-0.25, -0.2) is 9.78 Å². The molecule has 3 rings (SSSR count). The van der Waals surface area contributed by atoms with E-state index in [2.05, 4.69) is 28.3 Å². The second-order valence-electron chi connectivity index (χ2n) is 6.01. The molecule has 0 saturated heterocycles. The van der Waals surface area contributed by atoms with Gasteiger partial charge in [0.05, 0.1) is 13.4 Å². The van der Waals surface area contributed by atoms with Crippen molar-refractivity contribution in [3.8, 4) is 5.75 Å². The maximum atomic E-state index is 11.4. The molecule has 0 bridgehead atoms. The summed E-state index contributed by atoms with van der Waals surface area (Å²) in [5.41, 5.74) is 1.27. The molecule has 8 heteroatoms. The molecule has 0 radical (unpaired) electrons. The molecular weight excluding hydrogens is 334 g/mol. The lowest BCUT2D eigenvalue weighted by Gasteiger charge is -2.12. The Morgan fingerprint density at radius 1 is 1.23 bits per heavy atom. The first-order valence-electron chi connectivity index (χ1n) is 8.29. The van der Waals surface area contributed by atoms with Gasteiger partial charge in [0.25, 0.3) is 5.56 Å². The van der Waals surface area contributed by atoms with Gasteiger partial charge in [-0.1, -0.05) is 18.2 Å². The van der Waals surface area contributed by atoms with Gasteiger partial charge < -0.3 is 15.0 Å². The van der Waals surface area contributed by atoms with E-state index < -0.39 is 0 Å². The fourth-order valence-corrected chi connectivity index (χ4v) is 2.57. The van der Waals surface area contributed by atoms with Gasteiger partial charge in [0.15, 0.2) is 5.65 Å². The maximum Gasteiger partial charge on any atom is 0.332 e. The first-order valence-corrected chi connectivity index (χ1v) is 8.29. The number of nitrogens with zero attached hydrogens (tertiary/aromatic N) is 3. The Hall–Kier alpha value is -2.87. The van der Waals surface area contributed by atoms with Gasteiger partial charge in [-0.05, 0) is 32.0 Å². The van der Waals surface area contributed by atoms with Crippen molar-refractivity contribution in [2.75, 3.05) is 14.2 Å². The molecule has 26 heavy (non-hydrogen) atoms. The molecule has 0 fully saturated rings. The van der Waals surface area contributed by atoms with Crippen LogP contribution in [0.15, 0.2) is 40.2 Å². The third-order valence-electron chi connectivity index (χ3n) is 4.24.